The second-order valence-electron chi connectivity index (χ2n) is 6.71. The molecule has 0 N–H and O–H groups in total. The van der Waals surface area contributed by atoms with Crippen LogP contribution < -0.4 is 0 Å². The van der Waals surface area contributed by atoms with Crippen LogP contribution in [0.3, 0.4) is 0 Å². The van der Waals surface area contributed by atoms with Gasteiger partial charge >= 0.3 is 5.97 Å². The Bertz CT molecular complexity index is 1200. The molecule has 0 atom stereocenters. The maximum Gasteiger partial charge on any atom is 0.348 e. The van der Waals surface area contributed by atoms with Gasteiger partial charge in [0.15, 0.2) is 6.61 Å². The van der Waals surface area contributed by atoms with E-state index in [2.05, 4.69) is 5.10 Å². The Balaban J connectivity index is 1.46. The molecular formula is C21H18FN3O3S2. The summed E-state index contributed by atoms with van der Waals surface area (Å²) in [6, 6.07) is 11.6. The fraction of sp³-hybridized carbons (Fsp3) is 0.190. The van der Waals surface area contributed by atoms with Crippen molar-refractivity contribution < 1.29 is 18.7 Å². The molecule has 0 aliphatic heterocycles. The van der Waals surface area contributed by atoms with Gasteiger partial charge in [-0.05, 0) is 48.7 Å². The predicted octanol–water partition coefficient (Wildman–Crippen LogP) is 4.41. The van der Waals surface area contributed by atoms with Gasteiger partial charge in [-0.1, -0.05) is 6.07 Å². The second-order valence-corrected chi connectivity index (χ2v) is 8.77. The van der Waals surface area contributed by atoms with E-state index in [1.54, 1.807) is 41.3 Å². The van der Waals surface area contributed by atoms with E-state index in [1.807, 2.05) is 24.4 Å². The molecule has 1 aromatic carbocycles. The van der Waals surface area contributed by atoms with E-state index in [-0.39, 0.29) is 18.3 Å². The molecule has 0 saturated carbocycles. The Kier molecular flexibility index (Phi) is 5.65. The van der Waals surface area contributed by atoms with E-state index in [1.165, 1.54) is 28.4 Å². The summed E-state index contributed by atoms with van der Waals surface area (Å²) in [5, 5.41) is 7.24. The van der Waals surface area contributed by atoms with Crippen molar-refractivity contribution in [2.24, 2.45) is 0 Å². The van der Waals surface area contributed by atoms with E-state index in [9.17, 15) is 14.0 Å². The first-order valence-electron chi connectivity index (χ1n) is 9.11. The number of fused-ring (bicyclic) bond motifs is 1. The largest absolute Gasteiger partial charge is 0.451 e. The van der Waals surface area contributed by atoms with E-state index in [0.717, 1.165) is 20.8 Å². The molecule has 1 amide bonds. The van der Waals surface area contributed by atoms with Crippen LogP contribution in [0.15, 0.2) is 47.8 Å². The van der Waals surface area contributed by atoms with Crippen LogP contribution in [0, 0.1) is 12.7 Å². The van der Waals surface area contributed by atoms with Gasteiger partial charge in [-0.3, -0.25) is 4.79 Å². The van der Waals surface area contributed by atoms with Gasteiger partial charge in [-0.2, -0.15) is 5.10 Å². The summed E-state index contributed by atoms with van der Waals surface area (Å²) in [4.78, 5) is 28.5. The van der Waals surface area contributed by atoms with Crippen molar-refractivity contribution in [3.8, 4) is 5.69 Å². The first-order chi connectivity index (χ1) is 14.4. The quantitative estimate of drug-likeness (QED) is 0.414. The normalized spacial score (nSPS) is 11.0. The number of aromatic nitrogens is 2. The number of carbonyl (C=O) groups excluding carboxylic acids is 2. The van der Waals surface area contributed by atoms with Crippen LogP contribution in [-0.2, 0) is 16.1 Å². The smallest absolute Gasteiger partial charge is 0.348 e. The van der Waals surface area contributed by atoms with E-state index in [0.29, 0.717) is 17.1 Å². The lowest BCUT2D eigenvalue weighted by Gasteiger charge is -2.15. The molecule has 0 bridgehead atoms. The Hall–Kier alpha value is -3.04. The van der Waals surface area contributed by atoms with Crippen LogP contribution in [0.1, 0.15) is 20.2 Å². The van der Waals surface area contributed by atoms with Gasteiger partial charge in [0.25, 0.3) is 5.91 Å². The molecule has 3 heterocycles. The highest BCUT2D eigenvalue weighted by atomic mass is 32.1. The van der Waals surface area contributed by atoms with Crippen LogP contribution in [0.4, 0.5) is 4.39 Å². The molecular weight excluding hydrogens is 425 g/mol. The molecule has 0 radical (unpaired) electrons. The predicted molar refractivity (Wildman–Crippen MR) is 115 cm³/mol. The van der Waals surface area contributed by atoms with E-state index in [4.69, 9.17) is 4.74 Å². The Labute approximate surface area is 180 Å². The number of esters is 1. The highest BCUT2D eigenvalue weighted by Crippen LogP contribution is 2.30. The first kappa shape index (κ1) is 20.2. The molecule has 154 valence electrons. The van der Waals surface area contributed by atoms with Crippen molar-refractivity contribution in [3.63, 3.8) is 0 Å². The summed E-state index contributed by atoms with van der Waals surface area (Å²) in [6.45, 7) is 1.99. The summed E-state index contributed by atoms with van der Waals surface area (Å²) in [7, 11) is 1.68. The van der Waals surface area contributed by atoms with Crippen LogP contribution in [0.5, 0.6) is 0 Å². The number of hydrogen-bond donors (Lipinski definition) is 0. The summed E-state index contributed by atoms with van der Waals surface area (Å²) in [6.07, 6.45) is 0. The van der Waals surface area contributed by atoms with Gasteiger partial charge in [0.05, 0.1) is 17.9 Å². The zero-order valence-corrected chi connectivity index (χ0v) is 17.9. The van der Waals surface area contributed by atoms with Gasteiger partial charge in [-0.15, -0.1) is 22.7 Å². The van der Waals surface area contributed by atoms with E-state index < -0.39 is 5.97 Å². The molecule has 6 nitrogen and oxygen atoms in total. The number of aryl methyl sites for hydroxylation is 1. The second kappa shape index (κ2) is 8.37. The van der Waals surface area contributed by atoms with Crippen molar-refractivity contribution >= 4 is 44.8 Å². The first-order valence-corrected chi connectivity index (χ1v) is 10.8. The number of nitrogens with zero attached hydrogens (tertiary/aromatic N) is 3. The van der Waals surface area contributed by atoms with Crippen LogP contribution in [0.25, 0.3) is 15.9 Å². The van der Waals surface area contributed by atoms with Gasteiger partial charge < -0.3 is 9.64 Å². The lowest BCUT2D eigenvalue weighted by atomic mass is 10.3. The summed E-state index contributed by atoms with van der Waals surface area (Å²) < 4.78 is 20.1. The number of likely N-dealkylation sites (N-methyl/N-ethyl adjacent to an activating group) is 1. The van der Waals surface area contributed by atoms with E-state index >= 15 is 0 Å². The zero-order chi connectivity index (χ0) is 21.3. The summed E-state index contributed by atoms with van der Waals surface area (Å²) in [5.74, 6) is -1.16. The number of ether oxygens (including phenoxy) is 1. The van der Waals surface area contributed by atoms with Crippen molar-refractivity contribution in [3.05, 3.63) is 69.1 Å². The molecule has 0 aliphatic rings. The number of halogens is 1. The minimum absolute atomic E-state index is 0.272. The zero-order valence-electron chi connectivity index (χ0n) is 16.3. The van der Waals surface area contributed by atoms with Gasteiger partial charge in [-0.25, -0.2) is 13.9 Å². The fourth-order valence-corrected chi connectivity index (χ4v) is 4.77. The molecule has 4 aromatic rings. The number of thiophene rings is 2. The minimum atomic E-state index is -0.556. The molecule has 0 aliphatic carbocycles. The maximum atomic E-state index is 13.2. The molecule has 9 heteroatoms. The van der Waals surface area contributed by atoms with Crippen molar-refractivity contribution in [1.82, 2.24) is 14.7 Å². The highest BCUT2D eigenvalue weighted by molar-refractivity contribution is 7.20. The van der Waals surface area contributed by atoms with Crippen LogP contribution in [0.2, 0.25) is 0 Å². The topological polar surface area (TPSA) is 64.4 Å². The standard InChI is InChI=1S/C21H18FN3O3S2/c1-13-17-10-18(30-20(17)25(23-13)15-7-5-14(22)6-8-15)21(27)28-12-19(26)24(2)11-16-4-3-9-29-16/h3-10H,11-12H2,1-2H3. The monoisotopic (exact) mass is 443 g/mol. The molecule has 30 heavy (non-hydrogen) atoms. The van der Waals surface area contributed by atoms with Crippen molar-refractivity contribution in [1.29, 1.82) is 0 Å². The van der Waals surface area contributed by atoms with Gasteiger partial charge in [0, 0.05) is 17.3 Å². The molecule has 0 unspecified atom stereocenters. The average Bonchev–Trinajstić information content (AvgIpc) is 3.45. The molecule has 0 fully saturated rings. The lowest BCUT2D eigenvalue weighted by molar-refractivity contribution is -0.133. The molecule has 4 rings (SSSR count). The van der Waals surface area contributed by atoms with Crippen LogP contribution >= 0.6 is 22.7 Å². The van der Waals surface area contributed by atoms with Crippen molar-refractivity contribution in [2.45, 2.75) is 13.5 Å². The summed E-state index contributed by atoms with van der Waals surface area (Å²) >= 11 is 2.79. The third-order valence-electron chi connectivity index (χ3n) is 4.54. The molecule has 0 saturated heterocycles. The van der Waals surface area contributed by atoms with Crippen molar-refractivity contribution in [2.75, 3.05) is 13.7 Å². The molecule has 0 spiro atoms. The Morgan fingerprint density at radius 1 is 1.23 bits per heavy atom. The third-order valence-corrected chi connectivity index (χ3v) is 6.49. The SMILES string of the molecule is Cc1nn(-c2ccc(F)cc2)c2sc(C(=O)OCC(=O)N(C)Cc3cccs3)cc12. The van der Waals surface area contributed by atoms with Crippen LogP contribution in [-0.4, -0.2) is 40.2 Å². The summed E-state index contributed by atoms with van der Waals surface area (Å²) in [5.41, 5.74) is 1.44. The number of amides is 1. The van der Waals surface area contributed by atoms with Gasteiger partial charge in [0.1, 0.15) is 15.5 Å². The molecule has 3 aromatic heterocycles. The Morgan fingerprint density at radius 3 is 2.70 bits per heavy atom. The third kappa shape index (κ3) is 4.12. The Morgan fingerprint density at radius 2 is 2.00 bits per heavy atom. The number of benzene rings is 1. The fourth-order valence-electron chi connectivity index (χ4n) is 2.94. The number of carbonyl (C=O) groups is 2. The highest BCUT2D eigenvalue weighted by Gasteiger charge is 2.20. The maximum absolute atomic E-state index is 13.2. The number of hydrogen-bond acceptors (Lipinski definition) is 6. The minimum Gasteiger partial charge on any atom is -0.451 e. The van der Waals surface area contributed by atoms with Gasteiger partial charge in [0.2, 0.25) is 0 Å². The lowest BCUT2D eigenvalue weighted by Crippen LogP contribution is -2.30. The average molecular weight is 444 g/mol. The number of rotatable bonds is 6.